The summed E-state index contributed by atoms with van der Waals surface area (Å²) in [5, 5.41) is 0.475. The summed E-state index contributed by atoms with van der Waals surface area (Å²) >= 11 is 0. The average Bonchev–Trinajstić information content (AvgIpc) is 3.00. The standard InChI is InChI=1S/C23H15N3O3/c27-21-18-12-6-7-13-19(18)26(15-8-2-1-3-9-15)20(24-21)14-25-22(28)16-10-4-5-11-17(16)23(25)29/h1-13H,14H2. The maximum Gasteiger partial charge on any atom is 0.280 e. The molecule has 0 unspecified atom stereocenters. The molecule has 6 nitrogen and oxygen atoms in total. The molecule has 0 radical (unpaired) electrons. The summed E-state index contributed by atoms with van der Waals surface area (Å²) in [6, 6.07) is 23.3. The van der Waals surface area contributed by atoms with E-state index in [9.17, 15) is 14.4 Å². The number of hydrogen-bond acceptors (Lipinski definition) is 4. The zero-order valence-electron chi connectivity index (χ0n) is 15.3. The predicted molar refractivity (Wildman–Crippen MR) is 108 cm³/mol. The van der Waals surface area contributed by atoms with E-state index in [1.54, 1.807) is 36.4 Å². The lowest BCUT2D eigenvalue weighted by atomic mass is 10.1. The Morgan fingerprint density at radius 3 is 1.97 bits per heavy atom. The first-order chi connectivity index (χ1) is 14.1. The zero-order chi connectivity index (χ0) is 20.0. The van der Waals surface area contributed by atoms with Crippen LogP contribution in [0.3, 0.4) is 0 Å². The molecule has 1 aromatic heterocycles. The van der Waals surface area contributed by atoms with E-state index < -0.39 is 0 Å². The number of rotatable bonds is 3. The lowest BCUT2D eigenvalue weighted by Crippen LogP contribution is -2.32. The second-order valence-corrected chi connectivity index (χ2v) is 6.76. The number of amides is 2. The molecule has 2 heterocycles. The van der Waals surface area contributed by atoms with E-state index in [0.29, 0.717) is 27.9 Å². The van der Waals surface area contributed by atoms with Gasteiger partial charge in [0.2, 0.25) is 0 Å². The number of carbonyl (C=O) groups excluding carboxylic acids is 2. The van der Waals surface area contributed by atoms with Crippen LogP contribution in [0.25, 0.3) is 16.6 Å². The first-order valence-corrected chi connectivity index (χ1v) is 9.16. The minimum atomic E-state index is -0.389. The SMILES string of the molecule is O=C1c2ccccc2C(=O)N1Cc1nc(=O)c2ccccc2n1-c1ccccc1. The average molecular weight is 381 g/mol. The summed E-state index contributed by atoms with van der Waals surface area (Å²) in [6.45, 7) is -0.0959. The van der Waals surface area contributed by atoms with Crippen molar-refractivity contribution in [3.63, 3.8) is 0 Å². The molecule has 0 spiro atoms. The van der Waals surface area contributed by atoms with E-state index in [1.165, 1.54) is 0 Å². The topological polar surface area (TPSA) is 72.3 Å². The highest BCUT2D eigenvalue weighted by molar-refractivity contribution is 6.21. The largest absolute Gasteiger partial charge is 0.296 e. The van der Waals surface area contributed by atoms with Gasteiger partial charge in [0.25, 0.3) is 17.4 Å². The number of carbonyl (C=O) groups is 2. The maximum atomic E-state index is 12.8. The van der Waals surface area contributed by atoms with E-state index in [-0.39, 0.29) is 23.9 Å². The minimum absolute atomic E-state index is 0.0959. The van der Waals surface area contributed by atoms with Crippen LogP contribution in [0.1, 0.15) is 26.5 Å². The molecule has 3 aromatic carbocycles. The van der Waals surface area contributed by atoms with Crippen molar-refractivity contribution in [1.29, 1.82) is 0 Å². The summed E-state index contributed by atoms with van der Waals surface area (Å²) in [5.74, 6) is -0.436. The van der Waals surface area contributed by atoms with Gasteiger partial charge in [0.1, 0.15) is 5.82 Å². The van der Waals surface area contributed by atoms with Crippen LogP contribution in [0, 0.1) is 0 Å². The second kappa shape index (κ2) is 6.53. The molecule has 0 bridgehead atoms. The number of fused-ring (bicyclic) bond motifs is 2. The minimum Gasteiger partial charge on any atom is -0.296 e. The van der Waals surface area contributed by atoms with E-state index >= 15 is 0 Å². The van der Waals surface area contributed by atoms with Gasteiger partial charge in [-0.15, -0.1) is 0 Å². The highest BCUT2D eigenvalue weighted by atomic mass is 16.2. The normalized spacial score (nSPS) is 13.2. The van der Waals surface area contributed by atoms with Crippen LogP contribution in [0.15, 0.2) is 83.7 Å². The van der Waals surface area contributed by atoms with E-state index in [0.717, 1.165) is 10.6 Å². The van der Waals surface area contributed by atoms with Crippen LogP contribution in [-0.2, 0) is 6.54 Å². The van der Waals surface area contributed by atoms with Crippen molar-refractivity contribution in [2.24, 2.45) is 0 Å². The predicted octanol–water partition coefficient (Wildman–Crippen LogP) is 3.18. The third-order valence-electron chi connectivity index (χ3n) is 5.06. The molecule has 29 heavy (non-hydrogen) atoms. The quantitative estimate of drug-likeness (QED) is 0.511. The lowest BCUT2D eigenvalue weighted by molar-refractivity contribution is 0.0637. The Kier molecular flexibility index (Phi) is 3.84. The smallest absolute Gasteiger partial charge is 0.280 e. The van der Waals surface area contributed by atoms with Gasteiger partial charge in [-0.1, -0.05) is 42.5 Å². The molecule has 0 saturated carbocycles. The number of nitrogens with zero attached hydrogens (tertiary/aromatic N) is 3. The third kappa shape index (κ3) is 2.65. The molecule has 0 N–H and O–H groups in total. The Hall–Kier alpha value is -4.06. The first kappa shape index (κ1) is 17.1. The van der Waals surface area contributed by atoms with Gasteiger partial charge in [0.05, 0.1) is 28.6 Å². The molecule has 5 rings (SSSR count). The number of para-hydroxylation sites is 2. The molecule has 1 aliphatic rings. The number of benzene rings is 3. The Morgan fingerprint density at radius 2 is 1.28 bits per heavy atom. The fraction of sp³-hybridized carbons (Fsp3) is 0.0435. The monoisotopic (exact) mass is 381 g/mol. The van der Waals surface area contributed by atoms with Gasteiger partial charge in [0.15, 0.2) is 0 Å². The van der Waals surface area contributed by atoms with Crippen LogP contribution >= 0.6 is 0 Å². The number of imide groups is 1. The van der Waals surface area contributed by atoms with Crippen molar-refractivity contribution in [1.82, 2.24) is 14.5 Å². The Balaban J connectivity index is 1.69. The highest BCUT2D eigenvalue weighted by Crippen LogP contribution is 2.25. The molecule has 1 aliphatic heterocycles. The Labute approximate surface area is 165 Å². The third-order valence-corrected chi connectivity index (χ3v) is 5.06. The molecule has 2 amide bonds. The fourth-order valence-corrected chi connectivity index (χ4v) is 3.71. The maximum absolute atomic E-state index is 12.8. The van der Waals surface area contributed by atoms with Crippen LogP contribution in [-0.4, -0.2) is 26.3 Å². The molecule has 140 valence electrons. The summed E-state index contributed by atoms with van der Waals surface area (Å²) in [6.07, 6.45) is 0. The molecule has 0 aliphatic carbocycles. The van der Waals surface area contributed by atoms with Crippen molar-refractivity contribution in [2.75, 3.05) is 0 Å². The van der Waals surface area contributed by atoms with Gasteiger partial charge < -0.3 is 0 Å². The number of aromatic nitrogens is 2. The van der Waals surface area contributed by atoms with E-state index in [2.05, 4.69) is 4.98 Å². The van der Waals surface area contributed by atoms with Crippen molar-refractivity contribution in [3.05, 3.63) is 106 Å². The summed E-state index contributed by atoms with van der Waals surface area (Å²) in [5.41, 5.74) is 1.81. The van der Waals surface area contributed by atoms with Crippen LogP contribution in [0.4, 0.5) is 0 Å². The number of hydrogen-bond donors (Lipinski definition) is 0. The van der Waals surface area contributed by atoms with Crippen molar-refractivity contribution < 1.29 is 9.59 Å². The fourth-order valence-electron chi connectivity index (χ4n) is 3.71. The van der Waals surface area contributed by atoms with Crippen molar-refractivity contribution in [3.8, 4) is 5.69 Å². The highest BCUT2D eigenvalue weighted by Gasteiger charge is 2.36. The molecular formula is C23H15N3O3. The van der Waals surface area contributed by atoms with Crippen LogP contribution in [0.5, 0.6) is 0 Å². The van der Waals surface area contributed by atoms with Gasteiger partial charge in [0, 0.05) is 5.69 Å². The van der Waals surface area contributed by atoms with Gasteiger partial charge in [-0.3, -0.25) is 23.9 Å². The Morgan fingerprint density at radius 1 is 0.690 bits per heavy atom. The van der Waals surface area contributed by atoms with Crippen molar-refractivity contribution in [2.45, 2.75) is 6.54 Å². The molecular weight excluding hydrogens is 366 g/mol. The van der Waals surface area contributed by atoms with Gasteiger partial charge in [-0.05, 0) is 36.4 Å². The van der Waals surface area contributed by atoms with Gasteiger partial charge in [-0.25, -0.2) is 0 Å². The van der Waals surface area contributed by atoms with Crippen LogP contribution < -0.4 is 5.56 Å². The summed E-state index contributed by atoms with van der Waals surface area (Å²) < 4.78 is 1.82. The van der Waals surface area contributed by atoms with Gasteiger partial charge in [-0.2, -0.15) is 4.98 Å². The Bertz CT molecular complexity index is 1310. The summed E-state index contributed by atoms with van der Waals surface area (Å²) in [4.78, 5) is 43.6. The van der Waals surface area contributed by atoms with E-state index in [4.69, 9.17) is 0 Å². The summed E-state index contributed by atoms with van der Waals surface area (Å²) in [7, 11) is 0. The van der Waals surface area contributed by atoms with Gasteiger partial charge >= 0.3 is 0 Å². The van der Waals surface area contributed by atoms with Crippen molar-refractivity contribution >= 4 is 22.7 Å². The molecule has 4 aromatic rings. The molecule has 6 heteroatoms. The molecule has 0 atom stereocenters. The lowest BCUT2D eigenvalue weighted by Gasteiger charge is -2.19. The molecule has 0 saturated heterocycles. The first-order valence-electron chi connectivity index (χ1n) is 9.16. The van der Waals surface area contributed by atoms with Crippen LogP contribution in [0.2, 0.25) is 0 Å². The zero-order valence-corrected chi connectivity index (χ0v) is 15.3. The second-order valence-electron chi connectivity index (χ2n) is 6.76. The molecule has 0 fully saturated rings. The van der Waals surface area contributed by atoms with E-state index in [1.807, 2.05) is 47.0 Å².